The lowest BCUT2D eigenvalue weighted by atomic mass is 10.1. The van der Waals surface area contributed by atoms with E-state index in [1.54, 1.807) is 6.07 Å². The van der Waals surface area contributed by atoms with Gasteiger partial charge in [0.25, 0.3) is 0 Å². The van der Waals surface area contributed by atoms with Crippen molar-refractivity contribution in [3.8, 4) is 22.8 Å². The van der Waals surface area contributed by atoms with Crippen molar-refractivity contribution in [2.45, 2.75) is 0 Å². The molecule has 0 radical (unpaired) electrons. The molecule has 2 N–H and O–H groups in total. The average molecular weight is 352 g/mol. The fourth-order valence-electron chi connectivity index (χ4n) is 2.95. The van der Waals surface area contributed by atoms with Gasteiger partial charge in [-0.3, -0.25) is 0 Å². The molecule has 130 valence electrons. The summed E-state index contributed by atoms with van der Waals surface area (Å²) in [4.78, 5) is 4.19. The maximum absolute atomic E-state index is 14.5. The van der Waals surface area contributed by atoms with Crippen LogP contribution >= 0.6 is 0 Å². The molecule has 0 fully saturated rings. The van der Waals surface area contributed by atoms with Crippen molar-refractivity contribution in [2.24, 2.45) is 0 Å². The van der Waals surface area contributed by atoms with Gasteiger partial charge in [0.15, 0.2) is 11.6 Å². The molecule has 2 aromatic carbocycles. The maximum atomic E-state index is 14.5. The van der Waals surface area contributed by atoms with E-state index in [9.17, 15) is 8.78 Å². The molecular weight excluding hydrogens is 338 g/mol. The summed E-state index contributed by atoms with van der Waals surface area (Å²) in [5.74, 6) is -1.28. The number of nitrogen functional groups attached to an aromatic ring is 1. The van der Waals surface area contributed by atoms with Crippen molar-refractivity contribution in [3.05, 3.63) is 66.4 Å². The minimum Gasteiger partial charge on any atom is -0.480 e. The number of aromatic nitrogens is 3. The number of fused-ring (bicyclic) bond motifs is 1. The monoisotopic (exact) mass is 352 g/mol. The number of halogens is 2. The summed E-state index contributed by atoms with van der Waals surface area (Å²) in [6, 6.07) is 13.0. The lowest BCUT2D eigenvalue weighted by Gasteiger charge is -2.08. The standard InChI is InChI=1S/C19H14F2N4O/c1-26-19-16-15(7-8-23-19)25(18-13(20)9-12(22)10-14(18)21)24-17(16)11-5-3-2-4-6-11/h2-10H,22H2,1H3. The van der Waals surface area contributed by atoms with Crippen molar-refractivity contribution in [3.63, 3.8) is 0 Å². The Bertz CT molecular complexity index is 1090. The second-order valence-electron chi connectivity index (χ2n) is 5.67. The first-order valence-electron chi connectivity index (χ1n) is 7.82. The summed E-state index contributed by atoms with van der Waals surface area (Å²) in [5.41, 5.74) is 6.98. The highest BCUT2D eigenvalue weighted by Crippen LogP contribution is 2.35. The van der Waals surface area contributed by atoms with Crippen LogP contribution in [0.4, 0.5) is 14.5 Å². The normalized spacial score (nSPS) is 11.0. The minimum atomic E-state index is -0.803. The van der Waals surface area contributed by atoms with Gasteiger partial charge in [0.2, 0.25) is 5.88 Å². The largest absolute Gasteiger partial charge is 0.480 e. The summed E-state index contributed by atoms with van der Waals surface area (Å²) in [7, 11) is 1.48. The van der Waals surface area contributed by atoms with E-state index in [1.807, 2.05) is 30.3 Å². The van der Waals surface area contributed by atoms with E-state index in [-0.39, 0.29) is 11.4 Å². The van der Waals surface area contributed by atoms with Gasteiger partial charge in [0.1, 0.15) is 11.4 Å². The zero-order chi connectivity index (χ0) is 18.3. The number of methoxy groups -OCH3 is 1. The van der Waals surface area contributed by atoms with E-state index >= 15 is 0 Å². The molecule has 0 atom stereocenters. The number of rotatable bonds is 3. The molecule has 0 saturated heterocycles. The van der Waals surface area contributed by atoms with E-state index in [0.717, 1.165) is 17.7 Å². The first kappa shape index (κ1) is 16.0. The molecule has 2 aromatic heterocycles. The van der Waals surface area contributed by atoms with Crippen LogP contribution in [-0.2, 0) is 0 Å². The van der Waals surface area contributed by atoms with Crippen LogP contribution in [0.15, 0.2) is 54.7 Å². The van der Waals surface area contributed by atoms with Crippen LogP contribution in [0.5, 0.6) is 5.88 Å². The van der Waals surface area contributed by atoms with Crippen molar-refractivity contribution >= 4 is 16.6 Å². The fraction of sp³-hybridized carbons (Fsp3) is 0.0526. The predicted octanol–water partition coefficient (Wildman–Crippen LogP) is 3.96. The number of hydrogen-bond donors (Lipinski definition) is 1. The van der Waals surface area contributed by atoms with Crippen molar-refractivity contribution in [2.75, 3.05) is 12.8 Å². The molecule has 0 aliphatic carbocycles. The molecule has 2 heterocycles. The molecule has 0 saturated carbocycles. The van der Waals surface area contributed by atoms with Gasteiger partial charge in [-0.1, -0.05) is 30.3 Å². The molecule has 0 unspecified atom stereocenters. The van der Waals surface area contributed by atoms with E-state index in [0.29, 0.717) is 22.5 Å². The smallest absolute Gasteiger partial charge is 0.224 e. The third kappa shape index (κ3) is 2.45. The lowest BCUT2D eigenvalue weighted by molar-refractivity contribution is 0.403. The first-order chi connectivity index (χ1) is 12.6. The van der Waals surface area contributed by atoms with Crippen LogP contribution in [0, 0.1) is 11.6 Å². The predicted molar refractivity (Wildman–Crippen MR) is 95.2 cm³/mol. The number of hydrogen-bond acceptors (Lipinski definition) is 4. The van der Waals surface area contributed by atoms with Gasteiger partial charge in [0, 0.05) is 17.4 Å². The summed E-state index contributed by atoms with van der Waals surface area (Å²) in [6.45, 7) is 0. The number of nitrogens with two attached hydrogens (primary N) is 1. The Morgan fingerprint density at radius 1 is 1.04 bits per heavy atom. The highest BCUT2D eigenvalue weighted by Gasteiger charge is 2.22. The highest BCUT2D eigenvalue weighted by molar-refractivity contribution is 5.97. The zero-order valence-corrected chi connectivity index (χ0v) is 13.8. The Balaban J connectivity index is 2.10. The molecule has 7 heteroatoms. The quantitative estimate of drug-likeness (QED) is 0.567. The summed E-state index contributed by atoms with van der Waals surface area (Å²) in [6.07, 6.45) is 1.50. The number of ether oxygens (including phenoxy) is 1. The van der Waals surface area contributed by atoms with Gasteiger partial charge in [-0.25, -0.2) is 18.4 Å². The molecule has 5 nitrogen and oxygen atoms in total. The van der Waals surface area contributed by atoms with E-state index in [2.05, 4.69) is 10.1 Å². The molecule has 4 rings (SSSR count). The molecule has 4 aromatic rings. The van der Waals surface area contributed by atoms with Crippen LogP contribution in [-0.4, -0.2) is 21.9 Å². The number of pyridine rings is 1. The Labute approximate surface area is 147 Å². The Morgan fingerprint density at radius 3 is 2.38 bits per heavy atom. The van der Waals surface area contributed by atoms with Gasteiger partial charge >= 0.3 is 0 Å². The Kier molecular flexibility index (Phi) is 3.76. The number of benzene rings is 2. The van der Waals surface area contributed by atoms with Crippen molar-refractivity contribution in [1.29, 1.82) is 0 Å². The Hall–Kier alpha value is -3.48. The summed E-state index contributed by atoms with van der Waals surface area (Å²) in [5, 5.41) is 5.03. The fourth-order valence-corrected chi connectivity index (χ4v) is 2.95. The summed E-state index contributed by atoms with van der Waals surface area (Å²) < 4.78 is 35.5. The average Bonchev–Trinajstić information content (AvgIpc) is 3.01. The lowest BCUT2D eigenvalue weighted by Crippen LogP contribution is -2.05. The molecule has 0 spiro atoms. The second-order valence-corrected chi connectivity index (χ2v) is 5.67. The van der Waals surface area contributed by atoms with Gasteiger partial charge in [-0.2, -0.15) is 5.10 Å². The molecule has 0 bridgehead atoms. The number of nitrogens with zero attached hydrogens (tertiary/aromatic N) is 3. The molecule has 26 heavy (non-hydrogen) atoms. The SMILES string of the molecule is COc1nccc2c1c(-c1ccccc1)nn2-c1c(F)cc(N)cc1F. The molecule has 0 amide bonds. The van der Waals surface area contributed by atoms with E-state index in [4.69, 9.17) is 10.5 Å². The van der Waals surface area contributed by atoms with Gasteiger partial charge in [0.05, 0.1) is 18.0 Å². The third-order valence-electron chi connectivity index (χ3n) is 4.05. The first-order valence-corrected chi connectivity index (χ1v) is 7.82. The van der Waals surface area contributed by atoms with Gasteiger partial charge < -0.3 is 10.5 Å². The van der Waals surface area contributed by atoms with Crippen LogP contribution in [0.3, 0.4) is 0 Å². The van der Waals surface area contributed by atoms with Crippen LogP contribution in [0.25, 0.3) is 27.8 Å². The van der Waals surface area contributed by atoms with Crippen LogP contribution in [0.2, 0.25) is 0 Å². The van der Waals surface area contributed by atoms with E-state index < -0.39 is 11.6 Å². The maximum Gasteiger partial charge on any atom is 0.224 e. The zero-order valence-electron chi connectivity index (χ0n) is 13.8. The van der Waals surface area contributed by atoms with E-state index in [1.165, 1.54) is 18.0 Å². The highest BCUT2D eigenvalue weighted by atomic mass is 19.1. The van der Waals surface area contributed by atoms with Crippen LogP contribution in [0.1, 0.15) is 0 Å². The van der Waals surface area contributed by atoms with Gasteiger partial charge in [-0.05, 0) is 18.2 Å². The van der Waals surface area contributed by atoms with Crippen LogP contribution < -0.4 is 10.5 Å². The molecule has 0 aliphatic heterocycles. The molecule has 0 aliphatic rings. The summed E-state index contributed by atoms with van der Waals surface area (Å²) >= 11 is 0. The molecular formula is C19H14F2N4O. The minimum absolute atomic E-state index is 0.00254. The Morgan fingerprint density at radius 2 is 1.73 bits per heavy atom. The number of anilines is 1. The van der Waals surface area contributed by atoms with Crippen molar-refractivity contribution in [1.82, 2.24) is 14.8 Å². The third-order valence-corrected chi connectivity index (χ3v) is 4.05. The topological polar surface area (TPSA) is 66.0 Å². The van der Waals surface area contributed by atoms with Gasteiger partial charge in [-0.15, -0.1) is 0 Å². The van der Waals surface area contributed by atoms with Crippen molar-refractivity contribution < 1.29 is 13.5 Å². The second kappa shape index (κ2) is 6.11.